The Balaban J connectivity index is 1.39. The third kappa shape index (κ3) is 5.19. The van der Waals surface area contributed by atoms with Crippen LogP contribution in [0.3, 0.4) is 0 Å². The second-order valence-electron chi connectivity index (χ2n) is 8.46. The number of rotatable bonds is 9. The number of nitrogens with zero attached hydrogens (tertiary/aromatic N) is 1. The van der Waals surface area contributed by atoms with Crippen molar-refractivity contribution in [3.63, 3.8) is 0 Å². The van der Waals surface area contributed by atoms with Gasteiger partial charge in [-0.25, -0.2) is 8.42 Å². The van der Waals surface area contributed by atoms with Crippen LogP contribution in [0.1, 0.15) is 47.9 Å². The number of anilines is 1. The number of aryl methyl sites for hydroxylation is 1. The van der Waals surface area contributed by atoms with Gasteiger partial charge in [-0.1, -0.05) is 31.2 Å². The van der Waals surface area contributed by atoms with Crippen LogP contribution < -0.4 is 5.32 Å². The molecule has 2 aromatic carbocycles. The summed E-state index contributed by atoms with van der Waals surface area (Å²) in [4.78, 5) is 4.52. The minimum atomic E-state index is -3.32. The van der Waals surface area contributed by atoms with Crippen LogP contribution >= 0.6 is 0 Å². The highest BCUT2D eigenvalue weighted by molar-refractivity contribution is 7.91. The number of nitrogens with one attached hydrogen (secondary N) is 1. The van der Waals surface area contributed by atoms with Gasteiger partial charge in [-0.2, -0.15) is 0 Å². The Hall–Kier alpha value is -2.70. The summed E-state index contributed by atoms with van der Waals surface area (Å²) < 4.78 is 25.5. The van der Waals surface area contributed by atoms with Crippen LogP contribution in [0, 0.1) is 0 Å². The molecule has 1 aliphatic rings. The number of benzene rings is 2. The first-order valence-corrected chi connectivity index (χ1v) is 12.9. The number of pyridine rings is 1. The molecule has 0 radical (unpaired) electrons. The smallest absolute Gasteiger partial charge is 0.178 e. The molecular weight excluding hydrogens is 420 g/mol. The fraction of sp³-hybridized carbons (Fsp3) is 0.346. The van der Waals surface area contributed by atoms with Crippen LogP contribution in [0.15, 0.2) is 71.9 Å². The Morgan fingerprint density at radius 2 is 1.91 bits per heavy atom. The van der Waals surface area contributed by atoms with Gasteiger partial charge in [0.1, 0.15) is 0 Å². The molecule has 168 valence electrons. The molecule has 3 aromatic rings. The van der Waals surface area contributed by atoms with Crippen molar-refractivity contribution in [2.45, 2.75) is 56.1 Å². The zero-order valence-electron chi connectivity index (χ0n) is 18.4. The second-order valence-corrected chi connectivity index (χ2v) is 10.6. The quantitative estimate of drug-likeness (QED) is 0.501. The van der Waals surface area contributed by atoms with E-state index in [0.29, 0.717) is 30.7 Å². The number of fused-ring (bicyclic) bond motifs is 1. The van der Waals surface area contributed by atoms with Crippen molar-refractivity contribution < 1.29 is 13.5 Å². The first-order chi connectivity index (χ1) is 15.5. The Bertz CT molecular complexity index is 1150. The fourth-order valence-corrected chi connectivity index (χ4v) is 5.74. The van der Waals surface area contributed by atoms with Crippen molar-refractivity contribution in [3.05, 3.63) is 89.2 Å². The molecule has 1 heterocycles. The molecule has 0 unspecified atom stereocenters. The average molecular weight is 451 g/mol. The first-order valence-electron chi connectivity index (χ1n) is 11.2. The largest absolute Gasteiger partial charge is 0.392 e. The van der Waals surface area contributed by atoms with Crippen molar-refractivity contribution >= 4 is 15.5 Å². The molecule has 6 heteroatoms. The lowest BCUT2D eigenvalue weighted by molar-refractivity contribution is 0.152. The fourth-order valence-electron chi connectivity index (χ4n) is 4.41. The van der Waals surface area contributed by atoms with Crippen LogP contribution in [0.4, 0.5) is 5.69 Å². The lowest BCUT2D eigenvalue weighted by Gasteiger charge is -2.17. The van der Waals surface area contributed by atoms with E-state index < -0.39 is 15.9 Å². The van der Waals surface area contributed by atoms with E-state index in [1.807, 2.05) is 43.5 Å². The van der Waals surface area contributed by atoms with Crippen molar-refractivity contribution in [1.29, 1.82) is 0 Å². The standard InChI is InChI=1S/C26H30N2O3S/c1-2-19-7-11-23(12-8-19)32(30,31)14-4-6-24-25-16-22(10-9-21(25)15-26(24)29)28-18-20-5-3-13-27-17-20/h3,5,7-13,16-17,24,26,28-29H,2,4,6,14-15,18H2,1H3/t24-,26-/m1/s1. The van der Waals surface area contributed by atoms with Gasteiger partial charge in [0.25, 0.3) is 0 Å². The SMILES string of the molecule is CCc1ccc(S(=O)(=O)CCC[C@@H]2c3cc(NCc4cccnc4)ccc3C[C@H]2O)cc1. The summed E-state index contributed by atoms with van der Waals surface area (Å²) in [6, 6.07) is 17.3. The minimum absolute atomic E-state index is 0.0391. The normalized spacial score (nSPS) is 17.8. The number of aliphatic hydroxyl groups excluding tert-OH is 1. The minimum Gasteiger partial charge on any atom is -0.392 e. The zero-order chi connectivity index (χ0) is 22.6. The second kappa shape index (κ2) is 9.84. The molecule has 32 heavy (non-hydrogen) atoms. The molecule has 0 spiro atoms. The van der Waals surface area contributed by atoms with E-state index in [9.17, 15) is 13.5 Å². The summed E-state index contributed by atoms with van der Waals surface area (Å²) in [6.07, 6.45) is 5.80. The predicted molar refractivity (Wildman–Crippen MR) is 128 cm³/mol. The lowest BCUT2D eigenvalue weighted by atomic mass is 9.94. The molecular formula is C26H30N2O3S. The monoisotopic (exact) mass is 450 g/mol. The molecule has 2 N–H and O–H groups in total. The maximum atomic E-state index is 12.7. The zero-order valence-corrected chi connectivity index (χ0v) is 19.2. The van der Waals surface area contributed by atoms with Crippen LogP contribution in [0.2, 0.25) is 0 Å². The van der Waals surface area contributed by atoms with E-state index in [-0.39, 0.29) is 11.7 Å². The molecule has 1 aromatic heterocycles. The Morgan fingerprint density at radius 3 is 2.62 bits per heavy atom. The Morgan fingerprint density at radius 1 is 1.09 bits per heavy atom. The number of hydrogen-bond acceptors (Lipinski definition) is 5. The molecule has 0 saturated carbocycles. The highest BCUT2D eigenvalue weighted by Gasteiger charge is 2.31. The van der Waals surface area contributed by atoms with Crippen molar-refractivity contribution in [1.82, 2.24) is 4.98 Å². The Kier molecular flexibility index (Phi) is 6.92. The number of sulfone groups is 1. The number of aliphatic hydroxyl groups is 1. The summed E-state index contributed by atoms with van der Waals surface area (Å²) in [7, 11) is -3.32. The summed E-state index contributed by atoms with van der Waals surface area (Å²) in [5.41, 5.74) is 5.49. The molecule has 0 bridgehead atoms. The highest BCUT2D eigenvalue weighted by Crippen LogP contribution is 2.38. The van der Waals surface area contributed by atoms with Crippen LogP contribution in [0.5, 0.6) is 0 Å². The van der Waals surface area contributed by atoms with E-state index in [0.717, 1.165) is 34.4 Å². The number of aromatic nitrogens is 1. The molecule has 4 rings (SSSR count). The van der Waals surface area contributed by atoms with E-state index in [1.165, 1.54) is 0 Å². The lowest BCUT2D eigenvalue weighted by Crippen LogP contribution is -2.15. The predicted octanol–water partition coefficient (Wildman–Crippen LogP) is 4.51. The highest BCUT2D eigenvalue weighted by atomic mass is 32.2. The molecule has 1 aliphatic carbocycles. The first kappa shape index (κ1) is 22.5. The molecule has 0 aliphatic heterocycles. The van der Waals surface area contributed by atoms with Gasteiger partial charge < -0.3 is 10.4 Å². The van der Waals surface area contributed by atoms with Gasteiger partial charge in [0.05, 0.1) is 16.8 Å². The van der Waals surface area contributed by atoms with Gasteiger partial charge in [0.2, 0.25) is 0 Å². The van der Waals surface area contributed by atoms with Crippen molar-refractivity contribution in [2.24, 2.45) is 0 Å². The van der Waals surface area contributed by atoms with Crippen LogP contribution in [0.25, 0.3) is 0 Å². The van der Waals surface area contributed by atoms with Gasteiger partial charge in [-0.15, -0.1) is 0 Å². The maximum Gasteiger partial charge on any atom is 0.178 e. The van der Waals surface area contributed by atoms with Gasteiger partial charge in [0.15, 0.2) is 9.84 Å². The molecule has 0 saturated heterocycles. The number of hydrogen-bond donors (Lipinski definition) is 2. The third-order valence-corrected chi connectivity index (χ3v) is 8.09. The van der Waals surface area contributed by atoms with Crippen molar-refractivity contribution in [2.75, 3.05) is 11.1 Å². The summed E-state index contributed by atoms with van der Waals surface area (Å²) in [5, 5.41) is 14.1. The van der Waals surface area contributed by atoms with Crippen molar-refractivity contribution in [3.8, 4) is 0 Å². The Labute approximate surface area is 190 Å². The molecule has 0 fully saturated rings. The van der Waals surface area contributed by atoms with Gasteiger partial charge in [-0.3, -0.25) is 4.98 Å². The van der Waals surface area contributed by atoms with E-state index in [4.69, 9.17) is 0 Å². The van der Waals surface area contributed by atoms with Gasteiger partial charge >= 0.3 is 0 Å². The van der Waals surface area contributed by atoms with Crippen LogP contribution in [-0.2, 0) is 29.2 Å². The molecule has 2 atom stereocenters. The van der Waals surface area contributed by atoms with E-state index in [1.54, 1.807) is 18.3 Å². The third-order valence-electron chi connectivity index (χ3n) is 6.28. The van der Waals surface area contributed by atoms with E-state index >= 15 is 0 Å². The average Bonchev–Trinajstić information content (AvgIpc) is 3.13. The molecule has 5 nitrogen and oxygen atoms in total. The maximum absolute atomic E-state index is 12.7. The topological polar surface area (TPSA) is 79.3 Å². The summed E-state index contributed by atoms with van der Waals surface area (Å²) in [5.74, 6) is 0.0542. The summed E-state index contributed by atoms with van der Waals surface area (Å²) >= 11 is 0. The van der Waals surface area contributed by atoms with Gasteiger partial charge in [0, 0.05) is 30.5 Å². The summed E-state index contributed by atoms with van der Waals surface area (Å²) in [6.45, 7) is 2.73. The molecule has 0 amide bonds. The van der Waals surface area contributed by atoms with E-state index in [2.05, 4.69) is 22.4 Å². The van der Waals surface area contributed by atoms with Crippen LogP contribution in [-0.4, -0.2) is 30.4 Å². The van der Waals surface area contributed by atoms with Gasteiger partial charge in [-0.05, 0) is 78.3 Å².